The fourth-order valence-electron chi connectivity index (χ4n) is 3.42. The Morgan fingerprint density at radius 2 is 1.66 bits per heavy atom. The molecule has 2 aromatic carbocycles. The Kier molecular flexibility index (Phi) is 5.71. The average Bonchev–Trinajstić information content (AvgIpc) is 2.76. The normalized spacial score (nSPS) is 14.6. The van der Waals surface area contributed by atoms with Gasteiger partial charge < -0.3 is 10.2 Å². The lowest BCUT2D eigenvalue weighted by Crippen LogP contribution is -2.38. The summed E-state index contributed by atoms with van der Waals surface area (Å²) in [6.45, 7) is 1.48. The zero-order valence-corrected chi connectivity index (χ0v) is 16.4. The largest absolute Gasteiger partial charge is 0.355 e. The molecule has 7 heteroatoms. The van der Waals surface area contributed by atoms with Gasteiger partial charge in [0.2, 0.25) is 5.91 Å². The number of benzene rings is 2. The number of carbonyl (C=O) groups is 1. The molecule has 5 nitrogen and oxygen atoms in total. The number of anilines is 2. The molecule has 0 aliphatic carbocycles. The van der Waals surface area contributed by atoms with Gasteiger partial charge in [-0.3, -0.25) is 4.79 Å². The Bertz CT molecular complexity index is 969. The van der Waals surface area contributed by atoms with Crippen LogP contribution in [0.2, 0.25) is 5.02 Å². The van der Waals surface area contributed by atoms with Gasteiger partial charge in [-0.05, 0) is 73.5 Å². The first-order chi connectivity index (χ1) is 14.1. The maximum Gasteiger partial charge on any atom is 0.227 e. The Hall–Kier alpha value is -2.99. The van der Waals surface area contributed by atoms with Crippen LogP contribution in [0, 0.1) is 11.7 Å². The van der Waals surface area contributed by atoms with Gasteiger partial charge in [0.25, 0.3) is 0 Å². The van der Waals surface area contributed by atoms with Crippen LogP contribution in [0.3, 0.4) is 0 Å². The standard InChI is InChI=1S/C22H20ClFN4O/c23-17-3-7-19(8-4-17)25-22(29)16-11-13-28(14-12-16)21-10-9-20(26-27-21)15-1-5-18(24)6-2-15/h1-10,16H,11-14H2,(H,25,29). The Morgan fingerprint density at radius 3 is 2.28 bits per heavy atom. The zero-order chi connectivity index (χ0) is 20.2. The van der Waals surface area contributed by atoms with Crippen molar-refractivity contribution in [3.63, 3.8) is 0 Å². The first-order valence-electron chi connectivity index (χ1n) is 9.49. The molecule has 29 heavy (non-hydrogen) atoms. The van der Waals surface area contributed by atoms with E-state index in [0.717, 1.165) is 43.0 Å². The molecule has 0 atom stereocenters. The molecule has 0 saturated carbocycles. The molecular formula is C22H20ClFN4O. The van der Waals surface area contributed by atoms with E-state index in [2.05, 4.69) is 20.4 Å². The van der Waals surface area contributed by atoms with E-state index in [1.807, 2.05) is 12.1 Å². The van der Waals surface area contributed by atoms with Crippen molar-refractivity contribution in [3.8, 4) is 11.3 Å². The molecule has 1 saturated heterocycles. The van der Waals surface area contributed by atoms with E-state index < -0.39 is 0 Å². The van der Waals surface area contributed by atoms with Crippen LogP contribution in [0.1, 0.15) is 12.8 Å². The highest BCUT2D eigenvalue weighted by atomic mass is 35.5. The smallest absolute Gasteiger partial charge is 0.227 e. The third-order valence-corrected chi connectivity index (χ3v) is 5.34. The molecule has 0 radical (unpaired) electrons. The molecule has 4 rings (SSSR count). The second-order valence-corrected chi connectivity index (χ2v) is 7.48. The van der Waals surface area contributed by atoms with Gasteiger partial charge in [0, 0.05) is 35.3 Å². The zero-order valence-electron chi connectivity index (χ0n) is 15.7. The number of carbonyl (C=O) groups excluding carboxylic acids is 1. The molecule has 1 amide bonds. The van der Waals surface area contributed by atoms with Gasteiger partial charge in [0.15, 0.2) is 5.82 Å². The van der Waals surface area contributed by atoms with Crippen molar-refractivity contribution in [1.29, 1.82) is 0 Å². The van der Waals surface area contributed by atoms with Gasteiger partial charge in [0.1, 0.15) is 5.82 Å². The van der Waals surface area contributed by atoms with Crippen LogP contribution in [0.15, 0.2) is 60.7 Å². The second-order valence-electron chi connectivity index (χ2n) is 7.04. The number of amides is 1. The van der Waals surface area contributed by atoms with Crippen LogP contribution < -0.4 is 10.2 Å². The monoisotopic (exact) mass is 410 g/mol. The molecule has 148 valence electrons. The van der Waals surface area contributed by atoms with Gasteiger partial charge >= 0.3 is 0 Å². The van der Waals surface area contributed by atoms with E-state index >= 15 is 0 Å². The number of hydrogen-bond acceptors (Lipinski definition) is 4. The van der Waals surface area contributed by atoms with Crippen molar-refractivity contribution in [2.45, 2.75) is 12.8 Å². The summed E-state index contributed by atoms with van der Waals surface area (Å²) in [7, 11) is 0. The number of aromatic nitrogens is 2. The van der Waals surface area contributed by atoms with Crippen molar-refractivity contribution < 1.29 is 9.18 Å². The summed E-state index contributed by atoms with van der Waals surface area (Å²) < 4.78 is 13.1. The SMILES string of the molecule is O=C(Nc1ccc(Cl)cc1)C1CCN(c2ccc(-c3ccc(F)cc3)nn2)CC1. The van der Waals surface area contributed by atoms with Crippen LogP contribution in [0.5, 0.6) is 0 Å². The fourth-order valence-corrected chi connectivity index (χ4v) is 3.54. The average molecular weight is 411 g/mol. The van der Waals surface area contributed by atoms with Gasteiger partial charge in [-0.2, -0.15) is 0 Å². The molecule has 0 spiro atoms. The number of rotatable bonds is 4. The summed E-state index contributed by atoms with van der Waals surface area (Å²) in [5.41, 5.74) is 2.28. The lowest BCUT2D eigenvalue weighted by molar-refractivity contribution is -0.120. The quantitative estimate of drug-likeness (QED) is 0.671. The highest BCUT2D eigenvalue weighted by molar-refractivity contribution is 6.30. The van der Waals surface area contributed by atoms with Crippen LogP contribution in [0.25, 0.3) is 11.3 Å². The summed E-state index contributed by atoms with van der Waals surface area (Å²) in [6, 6.07) is 17.1. The third kappa shape index (κ3) is 4.71. The van der Waals surface area contributed by atoms with E-state index in [-0.39, 0.29) is 17.6 Å². The number of nitrogens with one attached hydrogen (secondary N) is 1. The van der Waals surface area contributed by atoms with Crippen molar-refractivity contribution in [1.82, 2.24) is 10.2 Å². The maximum atomic E-state index is 13.1. The number of halogens is 2. The molecule has 1 aromatic heterocycles. The Labute approximate surface area is 173 Å². The van der Waals surface area contributed by atoms with Crippen LogP contribution in [-0.4, -0.2) is 29.2 Å². The Balaban J connectivity index is 1.33. The van der Waals surface area contributed by atoms with Gasteiger partial charge in [-0.15, -0.1) is 10.2 Å². The van der Waals surface area contributed by atoms with Gasteiger partial charge in [-0.25, -0.2) is 4.39 Å². The van der Waals surface area contributed by atoms with Gasteiger partial charge in [-0.1, -0.05) is 11.6 Å². The van der Waals surface area contributed by atoms with E-state index in [9.17, 15) is 9.18 Å². The molecule has 1 aliphatic rings. The van der Waals surface area contributed by atoms with E-state index in [0.29, 0.717) is 10.7 Å². The number of hydrogen-bond donors (Lipinski definition) is 1. The third-order valence-electron chi connectivity index (χ3n) is 5.09. The lowest BCUT2D eigenvalue weighted by Gasteiger charge is -2.31. The minimum Gasteiger partial charge on any atom is -0.355 e. The summed E-state index contributed by atoms with van der Waals surface area (Å²) in [6.07, 6.45) is 1.50. The summed E-state index contributed by atoms with van der Waals surface area (Å²) in [5.74, 6) is 0.506. The molecule has 0 bridgehead atoms. The molecular weight excluding hydrogens is 391 g/mol. The molecule has 3 aromatic rings. The van der Waals surface area contributed by atoms with Crippen LogP contribution >= 0.6 is 11.6 Å². The van der Waals surface area contributed by atoms with Crippen LogP contribution in [0.4, 0.5) is 15.9 Å². The van der Waals surface area contributed by atoms with Crippen molar-refractivity contribution >= 4 is 29.0 Å². The highest BCUT2D eigenvalue weighted by Crippen LogP contribution is 2.25. The number of nitrogens with zero attached hydrogens (tertiary/aromatic N) is 3. The van der Waals surface area contributed by atoms with E-state index in [1.54, 1.807) is 36.4 Å². The van der Waals surface area contributed by atoms with E-state index in [4.69, 9.17) is 11.6 Å². The number of piperidine rings is 1. The predicted molar refractivity (Wildman–Crippen MR) is 112 cm³/mol. The summed E-state index contributed by atoms with van der Waals surface area (Å²) in [5, 5.41) is 12.2. The van der Waals surface area contributed by atoms with Crippen molar-refractivity contribution in [3.05, 3.63) is 71.5 Å². The minimum absolute atomic E-state index is 0.0321. The predicted octanol–water partition coefficient (Wildman–Crippen LogP) is 4.79. The first kappa shape index (κ1) is 19.3. The summed E-state index contributed by atoms with van der Waals surface area (Å²) in [4.78, 5) is 14.6. The topological polar surface area (TPSA) is 58.1 Å². The van der Waals surface area contributed by atoms with Gasteiger partial charge in [0.05, 0.1) is 5.69 Å². The van der Waals surface area contributed by atoms with E-state index in [1.165, 1.54) is 12.1 Å². The fraction of sp³-hybridized carbons (Fsp3) is 0.227. The molecule has 0 unspecified atom stereocenters. The lowest BCUT2D eigenvalue weighted by atomic mass is 9.96. The molecule has 1 N–H and O–H groups in total. The molecule has 1 aliphatic heterocycles. The summed E-state index contributed by atoms with van der Waals surface area (Å²) >= 11 is 5.88. The Morgan fingerprint density at radius 1 is 0.966 bits per heavy atom. The van der Waals surface area contributed by atoms with Crippen LogP contribution in [-0.2, 0) is 4.79 Å². The first-order valence-corrected chi connectivity index (χ1v) is 9.87. The van der Waals surface area contributed by atoms with Crippen molar-refractivity contribution in [2.24, 2.45) is 5.92 Å². The molecule has 2 heterocycles. The second kappa shape index (κ2) is 8.57. The molecule has 1 fully saturated rings. The highest BCUT2D eigenvalue weighted by Gasteiger charge is 2.26. The minimum atomic E-state index is -0.277. The maximum absolute atomic E-state index is 13.1. The van der Waals surface area contributed by atoms with Crippen molar-refractivity contribution in [2.75, 3.05) is 23.3 Å².